The molecule has 2 heterocycles. The number of hydroxylamine groups is 2. The number of quaternary nitrogens is 1. The average Bonchev–Trinajstić information content (AvgIpc) is 3.12. The molecular weight excluding hydrogens is 428 g/mol. The molecule has 3 atom stereocenters. The molecule has 1 fully saturated rings. The molecule has 2 aromatic carbocycles. The number of carbonyl (C=O) groups is 1. The number of nitrogens with one attached hydrogen (secondary N) is 3. The maximum Gasteiger partial charge on any atom is 0.279 e. The highest BCUT2D eigenvalue weighted by molar-refractivity contribution is 5.96. The van der Waals surface area contributed by atoms with Gasteiger partial charge in [0.25, 0.3) is 5.91 Å². The zero-order chi connectivity index (χ0) is 23.9. The van der Waals surface area contributed by atoms with Crippen LogP contribution in [0.1, 0.15) is 53.9 Å². The van der Waals surface area contributed by atoms with E-state index in [2.05, 4.69) is 22.8 Å². The number of nitrogen functional groups attached to an aromatic ring is 1. The number of hydrogen-bond donors (Lipinski definition) is 5. The van der Waals surface area contributed by atoms with E-state index in [1.54, 1.807) is 12.1 Å². The first kappa shape index (κ1) is 23.0. The molecule has 1 amide bonds. The number of rotatable bonds is 5. The molecule has 8 heteroatoms. The number of benzene rings is 2. The van der Waals surface area contributed by atoms with Crippen LogP contribution < -0.4 is 26.7 Å². The minimum absolute atomic E-state index is 0.0163. The normalized spacial score (nSPS) is 30.3. The molecule has 3 aliphatic rings. The van der Waals surface area contributed by atoms with Crippen molar-refractivity contribution >= 4 is 17.4 Å². The van der Waals surface area contributed by atoms with Crippen molar-refractivity contribution in [3.8, 4) is 0 Å². The van der Waals surface area contributed by atoms with Gasteiger partial charge in [0.05, 0.1) is 6.54 Å². The van der Waals surface area contributed by atoms with Crippen molar-refractivity contribution in [2.45, 2.75) is 62.7 Å². The predicted molar refractivity (Wildman–Crippen MR) is 134 cm³/mol. The standard InChI is InChI=1S/C26H34N6O2/c27-20-7-9-21(10-8-20)31-26(33)24-11-16-5-6-17(25(28)29)12-23(16)32(24,34)15-19-14-30-13-18-3-1-2-4-22(18)19/h1-6,12,19-21,24,30H,7-11,13-15,27H2,(H3,28,29)(H,31,33). The van der Waals surface area contributed by atoms with Gasteiger partial charge in [-0.05, 0) is 36.8 Å². The van der Waals surface area contributed by atoms with Crippen molar-refractivity contribution in [2.24, 2.45) is 11.5 Å². The first-order valence-electron chi connectivity index (χ1n) is 12.3. The number of hydrogen-bond acceptors (Lipinski definition) is 5. The van der Waals surface area contributed by atoms with Crippen LogP contribution in [0.15, 0.2) is 42.5 Å². The average molecular weight is 463 g/mol. The summed E-state index contributed by atoms with van der Waals surface area (Å²) in [5.74, 6) is -0.282. The van der Waals surface area contributed by atoms with E-state index in [-0.39, 0.29) is 36.3 Å². The lowest BCUT2D eigenvalue weighted by Gasteiger charge is -2.46. The Balaban J connectivity index is 1.47. The van der Waals surface area contributed by atoms with Crippen LogP contribution in [0.25, 0.3) is 0 Å². The van der Waals surface area contributed by atoms with Crippen molar-refractivity contribution < 1.29 is 4.79 Å². The summed E-state index contributed by atoms with van der Waals surface area (Å²) in [7, 11) is 0. The van der Waals surface area contributed by atoms with Gasteiger partial charge in [0.1, 0.15) is 11.5 Å². The number of carbonyl (C=O) groups excluding carboxylic acids is 1. The van der Waals surface area contributed by atoms with Gasteiger partial charge in [-0.2, -0.15) is 0 Å². The molecule has 2 aliphatic heterocycles. The van der Waals surface area contributed by atoms with E-state index in [1.807, 2.05) is 18.2 Å². The van der Waals surface area contributed by atoms with Gasteiger partial charge in [0.15, 0.2) is 6.04 Å². The second kappa shape index (κ2) is 9.11. The Morgan fingerprint density at radius 3 is 2.68 bits per heavy atom. The van der Waals surface area contributed by atoms with Gasteiger partial charge in [-0.3, -0.25) is 10.2 Å². The fraction of sp³-hybridized carbons (Fsp3) is 0.462. The van der Waals surface area contributed by atoms with Crippen LogP contribution in [0.3, 0.4) is 0 Å². The summed E-state index contributed by atoms with van der Waals surface area (Å²) < 4.78 is -0.727. The van der Waals surface area contributed by atoms with Crippen molar-refractivity contribution in [2.75, 3.05) is 13.1 Å². The minimum Gasteiger partial charge on any atom is -0.627 e. The molecule has 8 nitrogen and oxygen atoms in total. The summed E-state index contributed by atoms with van der Waals surface area (Å²) in [5.41, 5.74) is 16.1. The highest BCUT2D eigenvalue weighted by Gasteiger charge is 2.47. The molecular formula is C26H34N6O2. The van der Waals surface area contributed by atoms with Crippen LogP contribution in [0.2, 0.25) is 0 Å². The van der Waals surface area contributed by atoms with Crippen LogP contribution in [-0.2, 0) is 17.8 Å². The van der Waals surface area contributed by atoms with E-state index < -0.39 is 10.7 Å². The number of amidine groups is 1. The lowest BCUT2D eigenvalue weighted by Crippen LogP contribution is -2.60. The largest absolute Gasteiger partial charge is 0.627 e. The maximum atomic E-state index is 14.8. The van der Waals surface area contributed by atoms with E-state index in [4.69, 9.17) is 16.9 Å². The minimum atomic E-state index is -0.762. The summed E-state index contributed by atoms with van der Waals surface area (Å²) in [6.07, 6.45) is 3.86. The van der Waals surface area contributed by atoms with E-state index in [1.165, 1.54) is 11.1 Å². The van der Waals surface area contributed by atoms with E-state index >= 15 is 0 Å². The molecule has 1 aliphatic carbocycles. The van der Waals surface area contributed by atoms with Gasteiger partial charge < -0.3 is 32.0 Å². The molecule has 0 bridgehead atoms. The molecule has 7 N–H and O–H groups in total. The van der Waals surface area contributed by atoms with E-state index in [0.717, 1.165) is 37.8 Å². The molecule has 34 heavy (non-hydrogen) atoms. The second-order valence-electron chi connectivity index (χ2n) is 10.1. The van der Waals surface area contributed by atoms with Crippen LogP contribution in [0.5, 0.6) is 0 Å². The van der Waals surface area contributed by atoms with Gasteiger partial charge >= 0.3 is 0 Å². The third kappa shape index (κ3) is 4.22. The molecule has 2 aromatic rings. The third-order valence-electron chi connectivity index (χ3n) is 7.83. The number of nitrogens with two attached hydrogens (primary N) is 2. The topological polar surface area (TPSA) is 140 Å². The summed E-state index contributed by atoms with van der Waals surface area (Å²) >= 11 is 0. The smallest absolute Gasteiger partial charge is 0.279 e. The first-order chi connectivity index (χ1) is 16.3. The van der Waals surface area contributed by atoms with Crippen molar-refractivity contribution in [3.63, 3.8) is 0 Å². The highest BCUT2D eigenvalue weighted by Crippen LogP contribution is 2.42. The van der Waals surface area contributed by atoms with E-state index in [9.17, 15) is 10.0 Å². The van der Waals surface area contributed by atoms with E-state index in [0.29, 0.717) is 24.2 Å². The summed E-state index contributed by atoms with van der Waals surface area (Å²) in [4.78, 5) is 13.5. The van der Waals surface area contributed by atoms with Gasteiger partial charge in [-0.15, -0.1) is 0 Å². The van der Waals surface area contributed by atoms with Crippen LogP contribution in [0.4, 0.5) is 5.69 Å². The van der Waals surface area contributed by atoms with Gasteiger partial charge in [0, 0.05) is 54.7 Å². The highest BCUT2D eigenvalue weighted by atomic mass is 16.6. The van der Waals surface area contributed by atoms with Gasteiger partial charge in [-0.1, -0.05) is 36.4 Å². The summed E-state index contributed by atoms with van der Waals surface area (Å²) in [6, 6.07) is 13.1. The predicted octanol–water partition coefficient (Wildman–Crippen LogP) is 1.97. The van der Waals surface area contributed by atoms with Gasteiger partial charge in [0.2, 0.25) is 0 Å². The molecule has 0 radical (unpaired) electrons. The molecule has 0 saturated heterocycles. The maximum absolute atomic E-state index is 14.8. The Morgan fingerprint density at radius 1 is 1.15 bits per heavy atom. The van der Waals surface area contributed by atoms with Crippen LogP contribution >= 0.6 is 0 Å². The van der Waals surface area contributed by atoms with Crippen molar-refractivity contribution in [1.29, 1.82) is 5.41 Å². The summed E-state index contributed by atoms with van der Waals surface area (Å²) in [6.45, 7) is 1.73. The molecule has 3 unspecified atom stereocenters. The lowest BCUT2D eigenvalue weighted by atomic mass is 9.89. The van der Waals surface area contributed by atoms with Crippen LogP contribution in [0, 0.1) is 10.6 Å². The fourth-order valence-electron chi connectivity index (χ4n) is 5.92. The molecule has 0 spiro atoms. The molecule has 1 saturated carbocycles. The zero-order valence-corrected chi connectivity index (χ0v) is 19.4. The molecule has 0 aromatic heterocycles. The fourth-order valence-corrected chi connectivity index (χ4v) is 5.92. The number of amides is 1. The Labute approximate surface area is 200 Å². The Morgan fingerprint density at radius 2 is 1.91 bits per heavy atom. The van der Waals surface area contributed by atoms with Crippen LogP contribution in [-0.4, -0.2) is 43.0 Å². The SMILES string of the molecule is N=C(N)c1ccc2c(c1)[N+]([O-])(CC1CNCc3ccccc31)C(C(=O)NC1CCC(N)CC1)C2. The second-order valence-corrected chi connectivity index (χ2v) is 10.1. The quantitative estimate of drug-likeness (QED) is 0.200. The monoisotopic (exact) mass is 462 g/mol. The van der Waals surface area contributed by atoms with Gasteiger partial charge in [-0.25, -0.2) is 0 Å². The Hall–Kier alpha value is -2.78. The zero-order valence-electron chi connectivity index (χ0n) is 19.4. The van der Waals surface area contributed by atoms with Crippen molar-refractivity contribution in [1.82, 2.24) is 15.3 Å². The molecule has 5 rings (SSSR count). The third-order valence-corrected chi connectivity index (χ3v) is 7.83. The summed E-state index contributed by atoms with van der Waals surface area (Å²) in [5, 5.41) is 29.2. The first-order valence-corrected chi connectivity index (χ1v) is 12.3. The molecule has 180 valence electrons. The van der Waals surface area contributed by atoms with Crippen molar-refractivity contribution in [3.05, 3.63) is 69.9 Å². The number of fused-ring (bicyclic) bond motifs is 2. The lowest BCUT2D eigenvalue weighted by molar-refractivity contribution is -0.125. The Bertz CT molecular complexity index is 1100. The number of nitrogens with zero attached hydrogens (tertiary/aromatic N) is 1. The Kier molecular flexibility index (Phi) is 6.16.